The zero-order valence-electron chi connectivity index (χ0n) is 10.9. The monoisotopic (exact) mass is 284 g/mol. The molecule has 1 amide bonds. The largest absolute Gasteiger partial charge is 0.388 e. The second-order valence-electron chi connectivity index (χ2n) is 5.10. The third kappa shape index (κ3) is 3.05. The first kappa shape index (κ1) is 14.2. The number of amides is 1. The number of aromatic nitrogens is 1. The number of likely N-dealkylation sites (tertiary alicyclic amines) is 1. The molecule has 1 aromatic rings. The predicted molar refractivity (Wildman–Crippen MR) is 71.3 cm³/mol. The SMILES string of the molecule is CC(C)c1cc(C(=O)N2CC(O)C(O)C2)cc(Cl)n1. The highest BCUT2D eigenvalue weighted by atomic mass is 35.5. The molecule has 104 valence electrons. The minimum absolute atomic E-state index is 0.136. The molecule has 2 N–H and O–H groups in total. The summed E-state index contributed by atoms with van der Waals surface area (Å²) in [5, 5.41) is 19.2. The Kier molecular flexibility index (Phi) is 4.08. The van der Waals surface area contributed by atoms with Gasteiger partial charge in [-0.1, -0.05) is 25.4 Å². The van der Waals surface area contributed by atoms with Crippen LogP contribution >= 0.6 is 11.6 Å². The van der Waals surface area contributed by atoms with Gasteiger partial charge in [0.1, 0.15) is 5.15 Å². The van der Waals surface area contributed by atoms with Crippen molar-refractivity contribution in [2.24, 2.45) is 0 Å². The van der Waals surface area contributed by atoms with Crippen LogP contribution in [-0.4, -0.2) is 51.3 Å². The van der Waals surface area contributed by atoms with Crippen LogP contribution in [0.15, 0.2) is 12.1 Å². The van der Waals surface area contributed by atoms with Gasteiger partial charge in [-0.2, -0.15) is 0 Å². The smallest absolute Gasteiger partial charge is 0.254 e. The highest BCUT2D eigenvalue weighted by molar-refractivity contribution is 6.29. The number of nitrogens with zero attached hydrogens (tertiary/aromatic N) is 2. The van der Waals surface area contributed by atoms with E-state index in [4.69, 9.17) is 11.6 Å². The van der Waals surface area contributed by atoms with Crippen molar-refractivity contribution in [3.8, 4) is 0 Å². The van der Waals surface area contributed by atoms with Crippen LogP contribution in [0.2, 0.25) is 5.15 Å². The average Bonchev–Trinajstić information content (AvgIpc) is 2.68. The lowest BCUT2D eigenvalue weighted by Crippen LogP contribution is -2.30. The molecule has 1 fully saturated rings. The number of halogens is 1. The summed E-state index contributed by atoms with van der Waals surface area (Å²) < 4.78 is 0. The first-order valence-corrected chi connectivity index (χ1v) is 6.59. The van der Waals surface area contributed by atoms with Crippen LogP contribution in [0, 0.1) is 0 Å². The van der Waals surface area contributed by atoms with Crippen molar-refractivity contribution in [3.05, 3.63) is 28.5 Å². The Balaban J connectivity index is 2.24. The molecule has 5 nitrogen and oxygen atoms in total. The fourth-order valence-electron chi connectivity index (χ4n) is 2.05. The zero-order chi connectivity index (χ0) is 14.2. The summed E-state index contributed by atoms with van der Waals surface area (Å²) in [7, 11) is 0. The van der Waals surface area contributed by atoms with E-state index in [9.17, 15) is 15.0 Å². The number of aliphatic hydroxyl groups excluding tert-OH is 2. The number of β-amino-alcohol motifs (C(OH)–C–C–N with tert-alkyl or cyclic N) is 2. The number of hydrogen-bond acceptors (Lipinski definition) is 4. The van der Waals surface area contributed by atoms with E-state index in [0.717, 1.165) is 5.69 Å². The molecule has 0 aromatic carbocycles. The van der Waals surface area contributed by atoms with Crippen molar-refractivity contribution < 1.29 is 15.0 Å². The maximum Gasteiger partial charge on any atom is 0.254 e. The molecular weight excluding hydrogens is 268 g/mol. The quantitative estimate of drug-likeness (QED) is 0.796. The Morgan fingerprint density at radius 1 is 1.37 bits per heavy atom. The van der Waals surface area contributed by atoms with Crippen molar-refractivity contribution in [2.45, 2.75) is 32.0 Å². The van der Waals surface area contributed by atoms with E-state index in [1.165, 1.54) is 11.0 Å². The summed E-state index contributed by atoms with van der Waals surface area (Å²) in [5.41, 5.74) is 1.18. The molecule has 1 aliphatic rings. The average molecular weight is 285 g/mol. The van der Waals surface area contributed by atoms with Gasteiger partial charge in [0.25, 0.3) is 5.91 Å². The summed E-state index contributed by atoms with van der Waals surface area (Å²) in [5.74, 6) is -0.0817. The molecule has 0 radical (unpaired) electrons. The molecule has 2 rings (SSSR count). The Hall–Kier alpha value is -1.17. The lowest BCUT2D eigenvalue weighted by Gasteiger charge is -2.16. The maximum absolute atomic E-state index is 12.3. The Bertz CT molecular complexity index is 483. The van der Waals surface area contributed by atoms with Gasteiger partial charge in [-0.25, -0.2) is 4.98 Å². The standard InChI is InChI=1S/C13H17ClN2O3/c1-7(2)9-3-8(4-12(14)15-9)13(19)16-5-10(17)11(18)6-16/h3-4,7,10-11,17-18H,5-6H2,1-2H3. The highest BCUT2D eigenvalue weighted by Gasteiger charge is 2.33. The van der Waals surface area contributed by atoms with Gasteiger partial charge < -0.3 is 15.1 Å². The third-order valence-corrected chi connectivity index (χ3v) is 3.39. The number of rotatable bonds is 2. The summed E-state index contributed by atoms with van der Waals surface area (Å²) in [6.07, 6.45) is -1.77. The number of pyridine rings is 1. The van der Waals surface area contributed by atoms with E-state index in [2.05, 4.69) is 4.98 Å². The van der Waals surface area contributed by atoms with Crippen molar-refractivity contribution in [2.75, 3.05) is 13.1 Å². The van der Waals surface area contributed by atoms with E-state index in [-0.39, 0.29) is 30.1 Å². The molecule has 0 spiro atoms. The first-order chi connectivity index (χ1) is 8.88. The molecule has 1 saturated heterocycles. The molecule has 2 unspecified atom stereocenters. The van der Waals surface area contributed by atoms with E-state index in [0.29, 0.717) is 5.56 Å². The molecule has 1 aromatic heterocycles. The van der Waals surface area contributed by atoms with Crippen LogP contribution in [0.5, 0.6) is 0 Å². The van der Waals surface area contributed by atoms with Crippen LogP contribution in [0.4, 0.5) is 0 Å². The summed E-state index contributed by atoms with van der Waals surface area (Å²) >= 11 is 5.92. The van der Waals surface area contributed by atoms with E-state index < -0.39 is 12.2 Å². The third-order valence-electron chi connectivity index (χ3n) is 3.20. The van der Waals surface area contributed by atoms with Gasteiger partial charge in [-0.05, 0) is 18.1 Å². The van der Waals surface area contributed by atoms with Crippen molar-refractivity contribution in [1.82, 2.24) is 9.88 Å². The molecule has 0 aliphatic carbocycles. The minimum Gasteiger partial charge on any atom is -0.388 e. The van der Waals surface area contributed by atoms with Crippen molar-refractivity contribution in [1.29, 1.82) is 0 Å². The fourth-order valence-corrected chi connectivity index (χ4v) is 2.27. The van der Waals surface area contributed by atoms with Gasteiger partial charge in [0.2, 0.25) is 0 Å². The molecular formula is C13H17ClN2O3. The van der Waals surface area contributed by atoms with Gasteiger partial charge in [-0.15, -0.1) is 0 Å². The Morgan fingerprint density at radius 2 is 1.95 bits per heavy atom. The second kappa shape index (κ2) is 5.45. The molecule has 0 bridgehead atoms. The predicted octanol–water partition coefficient (Wildman–Crippen LogP) is 1.04. The zero-order valence-corrected chi connectivity index (χ0v) is 11.6. The van der Waals surface area contributed by atoms with Gasteiger partial charge in [-0.3, -0.25) is 4.79 Å². The lowest BCUT2D eigenvalue weighted by molar-refractivity contribution is 0.0572. The van der Waals surface area contributed by atoms with Crippen LogP contribution in [0.3, 0.4) is 0 Å². The number of aliphatic hydroxyl groups is 2. The van der Waals surface area contributed by atoms with E-state index in [1.54, 1.807) is 6.07 Å². The van der Waals surface area contributed by atoms with Gasteiger partial charge in [0.15, 0.2) is 0 Å². The fraction of sp³-hybridized carbons (Fsp3) is 0.538. The Labute approximate surface area is 116 Å². The van der Waals surface area contributed by atoms with Gasteiger partial charge in [0, 0.05) is 24.3 Å². The minimum atomic E-state index is -0.883. The first-order valence-electron chi connectivity index (χ1n) is 6.21. The number of hydrogen-bond donors (Lipinski definition) is 2. The summed E-state index contributed by atoms with van der Waals surface area (Å²) in [4.78, 5) is 17.9. The van der Waals surface area contributed by atoms with Crippen LogP contribution in [0.1, 0.15) is 35.8 Å². The molecule has 19 heavy (non-hydrogen) atoms. The molecule has 1 aliphatic heterocycles. The van der Waals surface area contributed by atoms with Crippen LogP contribution in [-0.2, 0) is 0 Å². The summed E-state index contributed by atoms with van der Waals surface area (Å²) in [6.45, 7) is 4.21. The van der Waals surface area contributed by atoms with E-state index >= 15 is 0 Å². The Morgan fingerprint density at radius 3 is 2.47 bits per heavy atom. The summed E-state index contributed by atoms with van der Waals surface area (Å²) in [6, 6.07) is 3.21. The maximum atomic E-state index is 12.3. The highest BCUT2D eigenvalue weighted by Crippen LogP contribution is 2.20. The molecule has 0 saturated carbocycles. The van der Waals surface area contributed by atoms with Gasteiger partial charge in [0.05, 0.1) is 12.2 Å². The normalized spacial score (nSPS) is 23.2. The molecule has 2 atom stereocenters. The molecule has 2 heterocycles. The molecule has 6 heteroatoms. The van der Waals surface area contributed by atoms with Crippen molar-refractivity contribution >= 4 is 17.5 Å². The van der Waals surface area contributed by atoms with E-state index in [1.807, 2.05) is 13.8 Å². The topological polar surface area (TPSA) is 73.7 Å². The lowest BCUT2D eigenvalue weighted by atomic mass is 10.1. The van der Waals surface area contributed by atoms with Crippen LogP contribution < -0.4 is 0 Å². The van der Waals surface area contributed by atoms with Crippen molar-refractivity contribution in [3.63, 3.8) is 0 Å². The van der Waals surface area contributed by atoms with Crippen LogP contribution in [0.25, 0.3) is 0 Å². The number of carbonyl (C=O) groups is 1. The number of carbonyl (C=O) groups excluding carboxylic acids is 1. The second-order valence-corrected chi connectivity index (χ2v) is 5.49. The van der Waals surface area contributed by atoms with Gasteiger partial charge >= 0.3 is 0 Å².